The molecule has 2 aromatic carbocycles. The van der Waals surface area contributed by atoms with Crippen molar-refractivity contribution in [2.75, 3.05) is 32.1 Å². The molecule has 7 nitrogen and oxygen atoms in total. The predicted octanol–water partition coefficient (Wildman–Crippen LogP) is 3.42. The number of methoxy groups -OCH3 is 1. The first-order valence-electron chi connectivity index (χ1n) is 11.3. The smallest absolute Gasteiger partial charge is 0.253 e. The summed E-state index contributed by atoms with van der Waals surface area (Å²) in [6.07, 6.45) is 2.21. The van der Waals surface area contributed by atoms with E-state index in [1.807, 2.05) is 37.3 Å². The Balaban J connectivity index is 1.56. The van der Waals surface area contributed by atoms with Crippen molar-refractivity contribution in [3.63, 3.8) is 0 Å². The number of anilines is 1. The minimum absolute atomic E-state index is 0.0790. The van der Waals surface area contributed by atoms with Gasteiger partial charge in [-0.25, -0.2) is 4.99 Å². The maximum Gasteiger partial charge on any atom is 0.253 e. The van der Waals surface area contributed by atoms with Gasteiger partial charge in [-0.3, -0.25) is 4.79 Å². The van der Waals surface area contributed by atoms with Gasteiger partial charge in [-0.1, -0.05) is 29.8 Å². The van der Waals surface area contributed by atoms with Gasteiger partial charge in [-0.15, -0.1) is 0 Å². The highest BCUT2D eigenvalue weighted by molar-refractivity contribution is 5.94. The molecule has 1 heterocycles. The summed E-state index contributed by atoms with van der Waals surface area (Å²) in [4.78, 5) is 17.0. The number of nitrogens with one attached hydrogen (secondary N) is 3. The fourth-order valence-electron chi connectivity index (χ4n) is 3.69. The molecular weight excluding hydrogens is 404 g/mol. The maximum absolute atomic E-state index is 12.3. The van der Waals surface area contributed by atoms with E-state index in [1.165, 1.54) is 11.1 Å². The number of rotatable bonds is 9. The molecule has 172 valence electrons. The molecule has 1 aliphatic heterocycles. The second-order valence-electron chi connectivity index (χ2n) is 7.88. The van der Waals surface area contributed by atoms with Crippen molar-refractivity contribution in [2.24, 2.45) is 4.99 Å². The van der Waals surface area contributed by atoms with Gasteiger partial charge in [-0.05, 0) is 62.4 Å². The number of carbonyl (C=O) groups excluding carboxylic acids is 1. The molecule has 7 heteroatoms. The highest BCUT2D eigenvalue weighted by atomic mass is 16.5. The molecule has 1 fully saturated rings. The van der Waals surface area contributed by atoms with Crippen LogP contribution in [0.1, 0.15) is 36.5 Å². The lowest BCUT2D eigenvalue weighted by molar-refractivity contribution is -0.124. The van der Waals surface area contributed by atoms with Crippen LogP contribution in [0.3, 0.4) is 0 Å². The highest BCUT2D eigenvalue weighted by Gasteiger charge is 2.23. The number of amides is 1. The first-order valence-corrected chi connectivity index (χ1v) is 11.3. The third-order valence-corrected chi connectivity index (χ3v) is 5.30. The van der Waals surface area contributed by atoms with Gasteiger partial charge in [0.15, 0.2) is 5.96 Å². The summed E-state index contributed by atoms with van der Waals surface area (Å²) in [6.45, 7) is 6.80. The van der Waals surface area contributed by atoms with Crippen molar-refractivity contribution in [3.05, 3.63) is 59.2 Å². The Bertz CT molecular complexity index is 923. The van der Waals surface area contributed by atoms with Crippen LogP contribution in [0.2, 0.25) is 0 Å². The maximum atomic E-state index is 12.3. The molecule has 1 amide bonds. The Labute approximate surface area is 190 Å². The zero-order valence-electron chi connectivity index (χ0n) is 19.2. The van der Waals surface area contributed by atoms with Gasteiger partial charge in [0, 0.05) is 25.4 Å². The van der Waals surface area contributed by atoms with Gasteiger partial charge in [0.05, 0.1) is 13.7 Å². The highest BCUT2D eigenvalue weighted by Crippen LogP contribution is 2.20. The van der Waals surface area contributed by atoms with Crippen LogP contribution in [0, 0.1) is 6.92 Å². The number of nitrogens with zero attached hydrogens (tertiary/aromatic N) is 1. The minimum atomic E-state index is -0.340. The average Bonchev–Trinajstić information content (AvgIpc) is 3.33. The number of aryl methyl sites for hydroxylation is 1. The number of ether oxygens (including phenoxy) is 2. The van der Waals surface area contributed by atoms with E-state index in [0.29, 0.717) is 13.2 Å². The van der Waals surface area contributed by atoms with E-state index >= 15 is 0 Å². The molecule has 1 atom stereocenters. The Morgan fingerprint density at radius 2 is 2.09 bits per heavy atom. The van der Waals surface area contributed by atoms with Gasteiger partial charge in [0.1, 0.15) is 11.9 Å². The Hall–Kier alpha value is -3.06. The monoisotopic (exact) mass is 438 g/mol. The molecule has 32 heavy (non-hydrogen) atoms. The van der Waals surface area contributed by atoms with Gasteiger partial charge >= 0.3 is 0 Å². The number of aliphatic imine (C=N–C) groups is 1. The lowest BCUT2D eigenvalue weighted by Crippen LogP contribution is -2.38. The van der Waals surface area contributed by atoms with Crippen molar-refractivity contribution in [1.82, 2.24) is 10.6 Å². The molecule has 0 spiro atoms. The summed E-state index contributed by atoms with van der Waals surface area (Å²) in [5, 5.41) is 9.62. The van der Waals surface area contributed by atoms with Crippen LogP contribution in [0.4, 0.5) is 5.69 Å². The van der Waals surface area contributed by atoms with E-state index in [9.17, 15) is 4.79 Å². The summed E-state index contributed by atoms with van der Waals surface area (Å²) in [5.41, 5.74) is 4.17. The molecule has 1 saturated heterocycles. The molecule has 1 aliphatic rings. The quantitative estimate of drug-likeness (QED) is 0.413. The Morgan fingerprint density at radius 1 is 1.22 bits per heavy atom. The van der Waals surface area contributed by atoms with Crippen molar-refractivity contribution in [3.8, 4) is 5.75 Å². The standard InChI is InChI=1S/C25H34N4O3/c1-4-26-25(27-13-12-20-15-18(2)10-11-22(20)31-3)28-17-19-7-5-8-21(16-19)29-24(30)23-9-6-14-32-23/h5,7-8,10-11,15-16,23H,4,6,9,12-14,17H2,1-3H3,(H,29,30)(H2,26,27,28). The Morgan fingerprint density at radius 3 is 2.84 bits per heavy atom. The van der Waals surface area contributed by atoms with E-state index in [1.54, 1.807) is 7.11 Å². The van der Waals surface area contributed by atoms with Crippen molar-refractivity contribution in [2.45, 2.75) is 45.8 Å². The molecule has 3 rings (SSSR count). The fourth-order valence-corrected chi connectivity index (χ4v) is 3.69. The third-order valence-electron chi connectivity index (χ3n) is 5.30. The third kappa shape index (κ3) is 6.99. The SMILES string of the molecule is CCNC(=NCc1cccc(NC(=O)C2CCCO2)c1)NCCc1cc(C)ccc1OC. The summed E-state index contributed by atoms with van der Waals surface area (Å²) < 4.78 is 10.9. The first kappa shape index (κ1) is 23.6. The van der Waals surface area contributed by atoms with E-state index in [-0.39, 0.29) is 12.0 Å². The molecule has 0 radical (unpaired) electrons. The molecule has 0 aliphatic carbocycles. The van der Waals surface area contributed by atoms with Crippen LogP contribution >= 0.6 is 0 Å². The molecule has 0 aromatic heterocycles. The zero-order valence-corrected chi connectivity index (χ0v) is 19.2. The van der Waals surface area contributed by atoms with Gasteiger partial charge < -0.3 is 25.4 Å². The molecule has 3 N–H and O–H groups in total. The second-order valence-corrected chi connectivity index (χ2v) is 7.88. The average molecular weight is 439 g/mol. The second kappa shape index (κ2) is 12.1. The van der Waals surface area contributed by atoms with Crippen LogP contribution in [-0.2, 0) is 22.5 Å². The molecule has 0 bridgehead atoms. The van der Waals surface area contributed by atoms with Crippen molar-refractivity contribution >= 4 is 17.6 Å². The molecule has 2 aromatic rings. The predicted molar refractivity (Wildman–Crippen MR) is 128 cm³/mol. The van der Waals surface area contributed by atoms with Gasteiger partial charge in [0.2, 0.25) is 0 Å². The van der Waals surface area contributed by atoms with E-state index in [2.05, 4.69) is 35.0 Å². The molecule has 1 unspecified atom stereocenters. The minimum Gasteiger partial charge on any atom is -0.496 e. The molecular formula is C25H34N4O3. The first-order chi connectivity index (χ1) is 15.6. The van der Waals surface area contributed by atoms with Crippen LogP contribution in [0.25, 0.3) is 0 Å². The van der Waals surface area contributed by atoms with Crippen molar-refractivity contribution < 1.29 is 14.3 Å². The lowest BCUT2D eigenvalue weighted by Gasteiger charge is -2.14. The van der Waals surface area contributed by atoms with E-state index in [4.69, 9.17) is 14.5 Å². The van der Waals surface area contributed by atoms with Crippen molar-refractivity contribution in [1.29, 1.82) is 0 Å². The Kier molecular flexibility index (Phi) is 8.92. The van der Waals surface area contributed by atoms with Crippen LogP contribution in [-0.4, -0.2) is 44.8 Å². The summed E-state index contributed by atoms with van der Waals surface area (Å²) >= 11 is 0. The lowest BCUT2D eigenvalue weighted by atomic mass is 10.1. The van der Waals surface area contributed by atoms with Crippen LogP contribution < -0.4 is 20.7 Å². The number of hydrogen-bond donors (Lipinski definition) is 3. The number of benzene rings is 2. The number of hydrogen-bond acceptors (Lipinski definition) is 4. The zero-order chi connectivity index (χ0) is 22.8. The topological polar surface area (TPSA) is 84.0 Å². The fraction of sp³-hybridized carbons (Fsp3) is 0.440. The molecule has 0 saturated carbocycles. The van der Waals surface area contributed by atoms with E-state index in [0.717, 1.165) is 55.3 Å². The van der Waals surface area contributed by atoms with Gasteiger partial charge in [-0.2, -0.15) is 0 Å². The van der Waals surface area contributed by atoms with Crippen LogP contribution in [0.15, 0.2) is 47.5 Å². The van der Waals surface area contributed by atoms with E-state index < -0.39 is 0 Å². The largest absolute Gasteiger partial charge is 0.496 e. The number of carbonyl (C=O) groups is 1. The summed E-state index contributed by atoms with van der Waals surface area (Å²) in [6, 6.07) is 14.0. The van der Waals surface area contributed by atoms with Gasteiger partial charge in [0.25, 0.3) is 5.91 Å². The number of guanidine groups is 1. The summed E-state index contributed by atoms with van der Waals surface area (Å²) in [7, 11) is 1.70. The van der Waals surface area contributed by atoms with Crippen LogP contribution in [0.5, 0.6) is 5.75 Å². The summed E-state index contributed by atoms with van der Waals surface area (Å²) in [5.74, 6) is 1.58. The normalized spacial score (nSPS) is 16.0.